The predicted molar refractivity (Wildman–Crippen MR) is 44.2 cm³/mol. The molecule has 5 nitrogen and oxygen atoms in total. The van der Waals surface area contributed by atoms with Crippen molar-refractivity contribution in [3.63, 3.8) is 0 Å². The highest BCUT2D eigenvalue weighted by molar-refractivity contribution is 5.74. The summed E-state index contributed by atoms with van der Waals surface area (Å²) in [5.74, 6) is -0.307. The molecule has 1 rings (SSSR count). The third-order valence-corrected chi connectivity index (χ3v) is 1.88. The summed E-state index contributed by atoms with van der Waals surface area (Å²) >= 11 is 0. The molecule has 5 heteroatoms. The lowest BCUT2D eigenvalue weighted by atomic mass is 10.2. The molecular formula is C7H15N3O2. The molecule has 1 fully saturated rings. The second kappa shape index (κ2) is 4.39. The third-order valence-electron chi connectivity index (χ3n) is 1.88. The molecule has 1 aliphatic heterocycles. The van der Waals surface area contributed by atoms with E-state index in [1.54, 1.807) is 0 Å². The Labute approximate surface area is 71.8 Å². The van der Waals surface area contributed by atoms with E-state index in [0.29, 0.717) is 13.0 Å². The first-order valence-electron chi connectivity index (χ1n) is 4.04. The van der Waals surface area contributed by atoms with Crippen LogP contribution in [0.5, 0.6) is 0 Å². The molecule has 12 heavy (non-hydrogen) atoms. The van der Waals surface area contributed by atoms with Gasteiger partial charge in [0.2, 0.25) is 5.91 Å². The minimum Gasteiger partial charge on any atom is -0.375 e. The standard InChI is InChI=1S/C7H15N3O2/c1-9-10-2-3-12-6(5-10)4-7(8)11/h6,9H,2-5H2,1H3,(H2,8,11). The topological polar surface area (TPSA) is 67.6 Å². The highest BCUT2D eigenvalue weighted by Crippen LogP contribution is 2.05. The van der Waals surface area contributed by atoms with E-state index in [1.165, 1.54) is 0 Å². The maximum Gasteiger partial charge on any atom is 0.220 e. The number of primary amides is 1. The van der Waals surface area contributed by atoms with E-state index < -0.39 is 0 Å². The molecule has 0 bridgehead atoms. The average molecular weight is 173 g/mol. The number of ether oxygens (including phenoxy) is 1. The smallest absolute Gasteiger partial charge is 0.220 e. The molecule has 0 saturated carbocycles. The first kappa shape index (κ1) is 9.44. The summed E-state index contributed by atoms with van der Waals surface area (Å²) in [6.45, 7) is 2.23. The molecule has 0 spiro atoms. The van der Waals surface area contributed by atoms with Crippen LogP contribution in [0.4, 0.5) is 0 Å². The molecular weight excluding hydrogens is 158 g/mol. The Balaban J connectivity index is 2.30. The summed E-state index contributed by atoms with van der Waals surface area (Å²) in [7, 11) is 1.85. The number of carbonyl (C=O) groups is 1. The Morgan fingerprint density at radius 2 is 2.58 bits per heavy atom. The van der Waals surface area contributed by atoms with Crippen LogP contribution in [0.1, 0.15) is 6.42 Å². The minimum atomic E-state index is -0.307. The monoisotopic (exact) mass is 173 g/mol. The SMILES string of the molecule is CNN1CCOC(CC(N)=O)C1. The molecule has 1 saturated heterocycles. The summed E-state index contributed by atoms with van der Waals surface area (Å²) in [6.07, 6.45) is 0.252. The second-order valence-corrected chi connectivity index (χ2v) is 2.83. The molecule has 0 aliphatic carbocycles. The van der Waals surface area contributed by atoms with Crippen molar-refractivity contribution in [3.8, 4) is 0 Å². The number of hydrogen-bond donors (Lipinski definition) is 2. The molecule has 1 aliphatic rings. The van der Waals surface area contributed by atoms with Gasteiger partial charge in [-0.25, -0.2) is 5.01 Å². The Hall–Kier alpha value is -0.650. The van der Waals surface area contributed by atoms with Crippen molar-refractivity contribution in [3.05, 3.63) is 0 Å². The number of hydrogen-bond acceptors (Lipinski definition) is 4. The Morgan fingerprint density at radius 1 is 1.83 bits per heavy atom. The lowest BCUT2D eigenvalue weighted by Gasteiger charge is -2.31. The van der Waals surface area contributed by atoms with Gasteiger partial charge in [-0.05, 0) is 7.05 Å². The van der Waals surface area contributed by atoms with Crippen LogP contribution >= 0.6 is 0 Å². The van der Waals surface area contributed by atoms with Gasteiger partial charge in [0.05, 0.1) is 19.1 Å². The number of morpholine rings is 1. The van der Waals surface area contributed by atoms with Crippen LogP contribution in [0.3, 0.4) is 0 Å². The van der Waals surface area contributed by atoms with Crippen molar-refractivity contribution in [1.82, 2.24) is 10.4 Å². The van der Waals surface area contributed by atoms with E-state index in [9.17, 15) is 4.79 Å². The zero-order valence-corrected chi connectivity index (χ0v) is 7.25. The number of carbonyl (C=O) groups excluding carboxylic acids is 1. The van der Waals surface area contributed by atoms with Crippen molar-refractivity contribution in [2.45, 2.75) is 12.5 Å². The number of nitrogens with one attached hydrogen (secondary N) is 1. The van der Waals surface area contributed by atoms with Gasteiger partial charge in [-0.3, -0.25) is 10.2 Å². The van der Waals surface area contributed by atoms with Gasteiger partial charge in [-0.15, -0.1) is 0 Å². The van der Waals surface area contributed by atoms with Crippen molar-refractivity contribution in [1.29, 1.82) is 0 Å². The molecule has 3 N–H and O–H groups in total. The first-order valence-corrected chi connectivity index (χ1v) is 4.04. The first-order chi connectivity index (χ1) is 5.72. The van der Waals surface area contributed by atoms with Crippen LogP contribution in [-0.2, 0) is 9.53 Å². The molecule has 1 atom stereocenters. The number of hydrazine groups is 1. The van der Waals surface area contributed by atoms with Crippen molar-refractivity contribution < 1.29 is 9.53 Å². The van der Waals surface area contributed by atoms with Gasteiger partial charge in [0, 0.05) is 13.1 Å². The van der Waals surface area contributed by atoms with Crippen LogP contribution in [0.2, 0.25) is 0 Å². The van der Waals surface area contributed by atoms with Gasteiger partial charge in [0.15, 0.2) is 0 Å². The van der Waals surface area contributed by atoms with Crippen LogP contribution in [-0.4, -0.2) is 43.8 Å². The van der Waals surface area contributed by atoms with Gasteiger partial charge in [0.1, 0.15) is 0 Å². The number of amides is 1. The van der Waals surface area contributed by atoms with Gasteiger partial charge in [-0.1, -0.05) is 0 Å². The number of nitrogens with zero attached hydrogens (tertiary/aromatic N) is 1. The molecule has 0 aromatic rings. The van der Waals surface area contributed by atoms with Gasteiger partial charge in [0.25, 0.3) is 0 Å². The molecule has 0 aromatic heterocycles. The van der Waals surface area contributed by atoms with Crippen molar-refractivity contribution in [2.24, 2.45) is 5.73 Å². The molecule has 1 heterocycles. The van der Waals surface area contributed by atoms with Gasteiger partial charge >= 0.3 is 0 Å². The lowest BCUT2D eigenvalue weighted by Crippen LogP contribution is -2.49. The quantitative estimate of drug-likeness (QED) is 0.556. The van der Waals surface area contributed by atoms with Gasteiger partial charge < -0.3 is 10.5 Å². The Morgan fingerprint density at radius 3 is 3.17 bits per heavy atom. The highest BCUT2D eigenvalue weighted by atomic mass is 16.5. The van der Waals surface area contributed by atoms with Crippen LogP contribution < -0.4 is 11.2 Å². The van der Waals surface area contributed by atoms with E-state index in [4.69, 9.17) is 10.5 Å². The van der Waals surface area contributed by atoms with Crippen molar-refractivity contribution >= 4 is 5.91 Å². The maximum absolute atomic E-state index is 10.6. The molecule has 0 aromatic carbocycles. The predicted octanol–water partition coefficient (Wildman–Crippen LogP) is -1.30. The fourth-order valence-corrected chi connectivity index (χ4v) is 1.27. The fraction of sp³-hybridized carbons (Fsp3) is 0.857. The largest absolute Gasteiger partial charge is 0.375 e. The summed E-state index contributed by atoms with van der Waals surface area (Å²) in [5, 5.41) is 2.01. The van der Waals surface area contributed by atoms with E-state index in [0.717, 1.165) is 13.1 Å². The summed E-state index contributed by atoms with van der Waals surface area (Å²) in [5.41, 5.74) is 8.06. The molecule has 70 valence electrons. The molecule has 1 unspecified atom stereocenters. The van der Waals surface area contributed by atoms with Crippen LogP contribution in [0.25, 0.3) is 0 Å². The Kier molecular flexibility index (Phi) is 3.46. The van der Waals surface area contributed by atoms with Crippen LogP contribution in [0.15, 0.2) is 0 Å². The summed E-state index contributed by atoms with van der Waals surface area (Å²) in [4.78, 5) is 10.6. The fourth-order valence-electron chi connectivity index (χ4n) is 1.27. The van der Waals surface area contributed by atoms with E-state index in [2.05, 4.69) is 5.43 Å². The zero-order chi connectivity index (χ0) is 8.97. The molecule has 0 radical (unpaired) electrons. The highest BCUT2D eigenvalue weighted by Gasteiger charge is 2.20. The maximum atomic E-state index is 10.6. The Bertz CT molecular complexity index is 163. The molecule has 1 amide bonds. The number of rotatable bonds is 3. The average Bonchev–Trinajstić information content (AvgIpc) is 2.03. The summed E-state index contributed by atoms with van der Waals surface area (Å²) < 4.78 is 5.34. The summed E-state index contributed by atoms with van der Waals surface area (Å²) in [6, 6.07) is 0. The van der Waals surface area contributed by atoms with E-state index >= 15 is 0 Å². The third kappa shape index (κ3) is 2.77. The lowest BCUT2D eigenvalue weighted by molar-refractivity contribution is -0.123. The zero-order valence-electron chi connectivity index (χ0n) is 7.25. The minimum absolute atomic E-state index is 0.0521. The van der Waals surface area contributed by atoms with E-state index in [1.807, 2.05) is 12.1 Å². The van der Waals surface area contributed by atoms with Crippen molar-refractivity contribution in [2.75, 3.05) is 26.7 Å². The van der Waals surface area contributed by atoms with Gasteiger partial charge in [-0.2, -0.15) is 0 Å². The normalized spacial score (nSPS) is 25.6. The number of nitrogens with two attached hydrogens (primary N) is 1. The van der Waals surface area contributed by atoms with E-state index in [-0.39, 0.29) is 12.0 Å². The second-order valence-electron chi connectivity index (χ2n) is 2.83. The van der Waals surface area contributed by atoms with Crippen LogP contribution in [0, 0.1) is 0 Å².